The Kier molecular flexibility index (Phi) is 4.23. The lowest BCUT2D eigenvalue weighted by atomic mass is 10.0. The van der Waals surface area contributed by atoms with Crippen LogP contribution < -0.4 is 10.9 Å². The third-order valence-corrected chi connectivity index (χ3v) is 4.01. The van der Waals surface area contributed by atoms with Gasteiger partial charge in [-0.05, 0) is 23.3 Å². The first-order chi connectivity index (χ1) is 11.8. The Labute approximate surface area is 139 Å². The lowest BCUT2D eigenvalue weighted by molar-refractivity contribution is -0.126. The van der Waals surface area contributed by atoms with Gasteiger partial charge in [-0.2, -0.15) is 13.5 Å². The molecule has 16 heteroatoms. The SMILES string of the molecule is O=C(NNC(=O)[C@@H]1CC[C@@H]2CN1C(=O)N2OS(=O)(=O)O)c1nnn[nH]1. The highest BCUT2D eigenvalue weighted by atomic mass is 32.3. The van der Waals surface area contributed by atoms with E-state index in [4.69, 9.17) is 4.55 Å². The van der Waals surface area contributed by atoms with Crippen molar-refractivity contribution >= 4 is 28.2 Å². The number of carbonyl (C=O) groups excluding carboxylic acids is 3. The first-order valence-electron chi connectivity index (χ1n) is 6.87. The fourth-order valence-electron chi connectivity index (χ4n) is 2.62. The summed E-state index contributed by atoms with van der Waals surface area (Å²) in [6.07, 6.45) is 0.461. The summed E-state index contributed by atoms with van der Waals surface area (Å²) in [5, 5.41) is 12.5. The molecular formula is C9H12N8O7S. The summed E-state index contributed by atoms with van der Waals surface area (Å²) >= 11 is 0. The Morgan fingerprint density at radius 3 is 2.72 bits per heavy atom. The minimum atomic E-state index is -4.86. The third-order valence-electron chi connectivity index (χ3n) is 3.66. The fraction of sp³-hybridized carbons (Fsp3) is 0.556. The van der Waals surface area contributed by atoms with Crippen molar-refractivity contribution in [1.29, 1.82) is 0 Å². The van der Waals surface area contributed by atoms with Gasteiger partial charge in [-0.25, -0.2) is 9.89 Å². The number of hydrogen-bond donors (Lipinski definition) is 4. The molecule has 2 aliphatic rings. The van der Waals surface area contributed by atoms with Crippen molar-refractivity contribution < 1.29 is 31.6 Å². The summed E-state index contributed by atoms with van der Waals surface area (Å²) < 4.78 is 34.6. The zero-order chi connectivity index (χ0) is 18.2. The molecule has 15 nitrogen and oxygen atoms in total. The van der Waals surface area contributed by atoms with E-state index in [1.54, 1.807) is 0 Å². The van der Waals surface area contributed by atoms with Gasteiger partial charge in [-0.15, -0.1) is 9.38 Å². The quantitative estimate of drug-likeness (QED) is 0.309. The standard InChI is InChI=1S/C9H12N8O7S/c18-7(12-13-8(19)6-10-14-15-11-6)5-2-1-4-3-16(5)9(20)17(4)24-25(21,22)23/h4-5H,1-3H2,(H,12,18)(H,13,19)(H,21,22,23)(H,10,11,14,15)/t4-,5+/m1/s1. The molecule has 4 N–H and O–H groups in total. The highest BCUT2D eigenvalue weighted by Crippen LogP contribution is 2.30. The average molecular weight is 376 g/mol. The van der Waals surface area contributed by atoms with Crippen LogP contribution in [0.5, 0.6) is 0 Å². The fourth-order valence-corrected chi connectivity index (χ4v) is 3.01. The van der Waals surface area contributed by atoms with E-state index in [-0.39, 0.29) is 25.2 Å². The molecule has 2 atom stereocenters. The van der Waals surface area contributed by atoms with Crippen LogP contribution in [0.2, 0.25) is 0 Å². The van der Waals surface area contributed by atoms with Gasteiger partial charge >= 0.3 is 22.3 Å². The molecule has 0 spiro atoms. The third kappa shape index (κ3) is 3.49. The van der Waals surface area contributed by atoms with Crippen LogP contribution in [0, 0.1) is 0 Å². The number of carbonyl (C=O) groups is 3. The van der Waals surface area contributed by atoms with E-state index >= 15 is 0 Å². The molecule has 136 valence electrons. The maximum atomic E-state index is 12.2. The van der Waals surface area contributed by atoms with Crippen LogP contribution in [-0.4, -0.2) is 80.0 Å². The Morgan fingerprint density at radius 2 is 2.08 bits per heavy atom. The number of piperidine rings is 1. The smallest absolute Gasteiger partial charge is 0.309 e. The molecule has 1 aromatic heterocycles. The van der Waals surface area contributed by atoms with Gasteiger partial charge in [0, 0.05) is 6.54 Å². The largest absolute Gasteiger partial charge is 0.418 e. The van der Waals surface area contributed by atoms with E-state index in [9.17, 15) is 22.8 Å². The predicted octanol–water partition coefficient (Wildman–Crippen LogP) is -3.04. The number of urea groups is 1. The number of fused-ring (bicyclic) bond motifs is 2. The van der Waals surface area contributed by atoms with Crippen molar-refractivity contribution in [3.05, 3.63) is 5.82 Å². The number of hydrazine groups is 1. The maximum absolute atomic E-state index is 12.2. The van der Waals surface area contributed by atoms with Crippen molar-refractivity contribution in [1.82, 2.24) is 41.4 Å². The zero-order valence-electron chi connectivity index (χ0n) is 12.3. The van der Waals surface area contributed by atoms with E-state index in [0.29, 0.717) is 5.06 Å². The van der Waals surface area contributed by atoms with Gasteiger partial charge in [0.25, 0.3) is 5.91 Å². The highest BCUT2D eigenvalue weighted by Gasteiger charge is 2.49. The van der Waals surface area contributed by atoms with E-state index in [0.717, 1.165) is 4.90 Å². The highest BCUT2D eigenvalue weighted by molar-refractivity contribution is 7.80. The second-order valence-corrected chi connectivity index (χ2v) is 6.21. The average Bonchev–Trinajstić information content (AvgIpc) is 3.16. The van der Waals surface area contributed by atoms with Crippen molar-refractivity contribution in [2.24, 2.45) is 0 Å². The van der Waals surface area contributed by atoms with Crippen molar-refractivity contribution in [3.8, 4) is 0 Å². The van der Waals surface area contributed by atoms with Crippen LogP contribution in [0.15, 0.2) is 0 Å². The van der Waals surface area contributed by atoms with Crippen LogP contribution in [0.25, 0.3) is 0 Å². The summed E-state index contributed by atoms with van der Waals surface area (Å²) in [4.78, 5) is 37.0. The Balaban J connectivity index is 1.61. The second-order valence-electron chi connectivity index (χ2n) is 5.20. The number of nitrogens with one attached hydrogen (secondary N) is 3. The second kappa shape index (κ2) is 6.22. The molecule has 2 saturated heterocycles. The summed E-state index contributed by atoms with van der Waals surface area (Å²) in [5.41, 5.74) is 4.21. The number of hydrogen-bond acceptors (Lipinski definition) is 9. The van der Waals surface area contributed by atoms with Gasteiger partial charge in [-0.3, -0.25) is 25.0 Å². The lowest BCUT2D eigenvalue weighted by Gasteiger charge is -2.29. The van der Waals surface area contributed by atoms with Gasteiger partial charge in [0.05, 0.1) is 6.04 Å². The van der Waals surface area contributed by atoms with Gasteiger partial charge in [-0.1, -0.05) is 0 Å². The maximum Gasteiger partial charge on any atom is 0.418 e. The number of rotatable bonds is 4. The first kappa shape index (κ1) is 17.0. The van der Waals surface area contributed by atoms with E-state index in [2.05, 4.69) is 35.8 Å². The number of hydroxylamine groups is 2. The molecule has 3 heterocycles. The molecule has 25 heavy (non-hydrogen) atoms. The number of aromatic amines is 1. The summed E-state index contributed by atoms with van der Waals surface area (Å²) in [6, 6.07) is -2.45. The van der Waals surface area contributed by atoms with Crippen LogP contribution in [0.1, 0.15) is 23.5 Å². The molecule has 0 unspecified atom stereocenters. The van der Waals surface area contributed by atoms with Gasteiger partial charge < -0.3 is 4.90 Å². The molecule has 1 aromatic rings. The lowest BCUT2D eigenvalue weighted by Crippen LogP contribution is -2.54. The van der Waals surface area contributed by atoms with Crippen LogP contribution in [0.3, 0.4) is 0 Å². The van der Waals surface area contributed by atoms with Crippen molar-refractivity contribution in [2.75, 3.05) is 6.54 Å². The minimum absolute atomic E-state index is 0.0341. The molecule has 3 rings (SSSR count). The normalized spacial score (nSPS) is 22.8. The number of nitrogens with zero attached hydrogens (tertiary/aromatic N) is 5. The van der Waals surface area contributed by atoms with Gasteiger partial charge in [0.15, 0.2) is 0 Å². The Morgan fingerprint density at radius 1 is 1.32 bits per heavy atom. The molecule has 0 aliphatic carbocycles. The van der Waals surface area contributed by atoms with Gasteiger partial charge in [0.1, 0.15) is 6.04 Å². The molecule has 2 bridgehead atoms. The number of tetrazole rings is 1. The van der Waals surface area contributed by atoms with Crippen LogP contribution in [0.4, 0.5) is 4.79 Å². The van der Waals surface area contributed by atoms with E-state index in [1.807, 2.05) is 0 Å². The predicted molar refractivity (Wildman–Crippen MR) is 73.2 cm³/mol. The molecule has 0 radical (unpaired) electrons. The molecule has 4 amide bonds. The van der Waals surface area contributed by atoms with E-state index in [1.165, 1.54) is 0 Å². The van der Waals surface area contributed by atoms with E-state index < -0.39 is 40.3 Å². The Bertz CT molecular complexity index is 795. The zero-order valence-corrected chi connectivity index (χ0v) is 13.1. The summed E-state index contributed by atoms with van der Waals surface area (Å²) in [7, 11) is -4.86. The van der Waals surface area contributed by atoms with Crippen molar-refractivity contribution in [3.63, 3.8) is 0 Å². The monoisotopic (exact) mass is 376 g/mol. The minimum Gasteiger partial charge on any atom is -0.309 e. The first-order valence-corrected chi connectivity index (χ1v) is 8.23. The Hall–Kier alpha value is -2.85. The van der Waals surface area contributed by atoms with Crippen LogP contribution >= 0.6 is 0 Å². The van der Waals surface area contributed by atoms with Crippen molar-refractivity contribution in [2.45, 2.75) is 24.9 Å². The summed E-state index contributed by atoms with van der Waals surface area (Å²) in [6.45, 7) is 0.0341. The molecule has 0 aromatic carbocycles. The van der Waals surface area contributed by atoms with Gasteiger partial charge in [0.2, 0.25) is 5.82 Å². The number of aromatic nitrogens is 4. The molecule has 2 fully saturated rings. The summed E-state index contributed by atoms with van der Waals surface area (Å²) in [5.74, 6) is -1.72. The topological polar surface area (TPSA) is 200 Å². The number of H-pyrrole nitrogens is 1. The molecular weight excluding hydrogens is 364 g/mol. The molecule has 2 aliphatic heterocycles. The number of amides is 4. The molecule has 0 saturated carbocycles. The van der Waals surface area contributed by atoms with Crippen LogP contribution in [-0.2, 0) is 19.5 Å².